The fraction of sp³-hybridized carbons (Fsp3) is 0.538. The van der Waals surface area contributed by atoms with Crippen LogP contribution in [0.5, 0.6) is 11.8 Å². The summed E-state index contributed by atoms with van der Waals surface area (Å²) in [6, 6.07) is 21.9. The predicted octanol–water partition coefficient (Wildman–Crippen LogP) is 2.26. The van der Waals surface area contributed by atoms with E-state index in [2.05, 4.69) is 110 Å². The summed E-state index contributed by atoms with van der Waals surface area (Å²) in [6.45, 7) is 11.1. The van der Waals surface area contributed by atoms with Crippen molar-refractivity contribution in [3.05, 3.63) is 72.1 Å². The van der Waals surface area contributed by atoms with Crippen LogP contribution in [0.15, 0.2) is 60.7 Å². The number of pyridine rings is 2. The Balaban J connectivity index is 0.00000384. The average Bonchev–Trinajstić information content (AvgIpc) is 3.02. The second-order valence-corrected chi connectivity index (χ2v) is 13.9. The van der Waals surface area contributed by atoms with Crippen molar-refractivity contribution < 1.29 is 66.4 Å². The smallest absolute Gasteiger partial charge is 0.221 e. The summed E-state index contributed by atoms with van der Waals surface area (Å²) < 4.78 is 14.6. The lowest BCUT2D eigenvalue weighted by atomic mass is 10.1. The third-order valence-electron chi connectivity index (χ3n) is 9.46. The van der Waals surface area contributed by atoms with E-state index < -0.39 is 0 Å². The first kappa shape index (κ1) is 41.4. The monoisotopic (exact) mass is 868 g/mol. The molecule has 1 unspecified atom stereocenters. The normalized spacial score (nSPS) is 12.4. The number of aromatic nitrogens is 2. The van der Waals surface area contributed by atoms with Crippen LogP contribution in [0.2, 0.25) is 0 Å². The molecule has 0 aliphatic carbocycles. The molecule has 260 valence electrons. The van der Waals surface area contributed by atoms with E-state index in [0.29, 0.717) is 19.3 Å². The van der Waals surface area contributed by atoms with Crippen LogP contribution in [-0.4, -0.2) is 86.0 Å². The Labute approximate surface area is 318 Å². The van der Waals surface area contributed by atoms with Crippen LogP contribution in [0.25, 0.3) is 21.5 Å². The van der Waals surface area contributed by atoms with Crippen molar-refractivity contribution >= 4 is 21.5 Å². The van der Waals surface area contributed by atoms with E-state index in [0.717, 1.165) is 101 Å². The Morgan fingerprint density at radius 1 is 0.638 bits per heavy atom. The Kier molecular flexibility index (Phi) is 17.7. The van der Waals surface area contributed by atoms with Gasteiger partial charge >= 0.3 is 0 Å². The summed E-state index contributed by atoms with van der Waals surface area (Å²) in [7, 11) is 9.35. The molecule has 0 saturated heterocycles. The molecule has 0 aliphatic heterocycles. The van der Waals surface area contributed by atoms with E-state index >= 15 is 0 Å². The zero-order chi connectivity index (χ0) is 32.3. The minimum atomic E-state index is 0. The van der Waals surface area contributed by atoms with Crippen molar-refractivity contribution in [2.24, 2.45) is 0 Å². The Bertz CT molecular complexity index is 1510. The lowest BCUT2D eigenvalue weighted by molar-refractivity contribution is -0.927. The summed E-state index contributed by atoms with van der Waals surface area (Å²) >= 11 is 0. The highest BCUT2D eigenvalue weighted by molar-refractivity contribution is 5.87. The number of unbranched alkanes of at least 4 members (excludes halogenated alkanes) is 2. The summed E-state index contributed by atoms with van der Waals surface area (Å²) in [5.41, 5.74) is 2.25. The standard InChI is InChI=1S/C39H58N4O2.2HI/c1-8-11-19-33-29-31-17-13-15-21-36(31)38(40-33)44-27-25-42(4,5)24-23-35(10-3)43(6,7)26-28-45-39-37-22-16-14-18-32(37)30-34(41-39)20-12-9-2;;/h13-18,21-22,29-30,35H,8-12,19-20,23-28H2,1-7H3;2*1H/q+2;;/p-2. The molecule has 0 bridgehead atoms. The summed E-state index contributed by atoms with van der Waals surface area (Å²) in [4.78, 5) is 9.84. The van der Waals surface area contributed by atoms with E-state index in [1.165, 1.54) is 23.6 Å². The van der Waals surface area contributed by atoms with Gasteiger partial charge in [0.1, 0.15) is 26.3 Å². The van der Waals surface area contributed by atoms with Crippen LogP contribution < -0.4 is 57.4 Å². The molecule has 0 aliphatic rings. The largest absolute Gasteiger partial charge is 1.00 e. The van der Waals surface area contributed by atoms with E-state index in [4.69, 9.17) is 19.4 Å². The first-order valence-corrected chi connectivity index (χ1v) is 17.3. The first-order chi connectivity index (χ1) is 21.7. The molecular weight excluding hydrogens is 810 g/mol. The van der Waals surface area contributed by atoms with Crippen molar-refractivity contribution in [1.29, 1.82) is 0 Å². The topological polar surface area (TPSA) is 44.2 Å². The van der Waals surface area contributed by atoms with Crippen LogP contribution in [0, 0.1) is 0 Å². The maximum atomic E-state index is 6.42. The molecule has 4 aromatic rings. The SMILES string of the molecule is CCCCc1cc2ccccc2c(OCC[N+](C)(C)CCC(CC)[N+](C)(C)CCOc2nc(CCCC)cc3ccccc23)n1.[I-].[I-]. The van der Waals surface area contributed by atoms with Gasteiger partial charge in [-0.15, -0.1) is 0 Å². The van der Waals surface area contributed by atoms with E-state index in [1.807, 2.05) is 0 Å². The minimum absolute atomic E-state index is 0. The maximum absolute atomic E-state index is 6.42. The predicted molar refractivity (Wildman–Crippen MR) is 189 cm³/mol. The third-order valence-corrected chi connectivity index (χ3v) is 9.46. The molecule has 4 rings (SSSR count). The number of halogens is 2. The number of rotatable bonds is 19. The lowest BCUT2D eigenvalue weighted by Gasteiger charge is -2.39. The molecule has 47 heavy (non-hydrogen) atoms. The summed E-state index contributed by atoms with van der Waals surface area (Å²) in [5, 5.41) is 4.63. The third kappa shape index (κ3) is 12.3. The molecule has 0 spiro atoms. The average molecular weight is 869 g/mol. The van der Waals surface area contributed by atoms with Gasteiger partial charge in [-0.1, -0.05) is 70.0 Å². The number of aryl methyl sites for hydroxylation is 2. The van der Waals surface area contributed by atoms with E-state index in [-0.39, 0.29) is 48.0 Å². The first-order valence-electron chi connectivity index (χ1n) is 17.3. The fourth-order valence-electron chi connectivity index (χ4n) is 6.24. The maximum Gasteiger partial charge on any atom is 0.221 e. The molecule has 0 saturated carbocycles. The fourth-order valence-corrected chi connectivity index (χ4v) is 6.24. The van der Waals surface area contributed by atoms with Gasteiger partial charge < -0.3 is 66.4 Å². The summed E-state index contributed by atoms with van der Waals surface area (Å²) in [5.74, 6) is 1.56. The number of hydrogen-bond acceptors (Lipinski definition) is 4. The van der Waals surface area contributed by atoms with Crippen LogP contribution in [0.3, 0.4) is 0 Å². The van der Waals surface area contributed by atoms with E-state index in [1.54, 1.807) is 0 Å². The molecule has 6 nitrogen and oxygen atoms in total. The molecule has 2 aromatic heterocycles. The highest BCUT2D eigenvalue weighted by atomic mass is 127. The van der Waals surface area contributed by atoms with Crippen LogP contribution >= 0.6 is 0 Å². The Morgan fingerprint density at radius 2 is 1.11 bits per heavy atom. The summed E-state index contributed by atoms with van der Waals surface area (Å²) in [6.07, 6.45) is 8.90. The van der Waals surface area contributed by atoms with Crippen LogP contribution in [0.1, 0.15) is 70.7 Å². The van der Waals surface area contributed by atoms with Gasteiger partial charge in [0, 0.05) is 28.6 Å². The van der Waals surface area contributed by atoms with Gasteiger partial charge in [0.15, 0.2) is 0 Å². The number of ether oxygens (including phenoxy) is 2. The van der Waals surface area contributed by atoms with Gasteiger partial charge in [-0.25, -0.2) is 9.97 Å². The number of fused-ring (bicyclic) bond motifs is 2. The molecule has 0 radical (unpaired) electrons. The zero-order valence-electron chi connectivity index (χ0n) is 29.9. The number of benzene rings is 2. The van der Waals surface area contributed by atoms with Crippen LogP contribution in [0.4, 0.5) is 0 Å². The number of likely N-dealkylation sites (N-methyl/N-ethyl adjacent to an activating group) is 2. The minimum Gasteiger partial charge on any atom is -1.00 e. The highest BCUT2D eigenvalue weighted by Crippen LogP contribution is 2.27. The molecule has 0 fully saturated rings. The molecule has 1 atom stereocenters. The van der Waals surface area contributed by atoms with Gasteiger partial charge in [-0.2, -0.15) is 0 Å². The second-order valence-electron chi connectivity index (χ2n) is 13.9. The number of quaternary nitrogens is 2. The zero-order valence-corrected chi connectivity index (χ0v) is 34.2. The Morgan fingerprint density at radius 3 is 1.57 bits per heavy atom. The van der Waals surface area contributed by atoms with Crippen molar-refractivity contribution in [2.75, 3.05) is 61.0 Å². The molecule has 2 aromatic carbocycles. The lowest BCUT2D eigenvalue weighted by Crippen LogP contribution is -3.00. The molecule has 0 N–H and O–H groups in total. The molecule has 0 amide bonds. The Hall–Kier alpha value is -1.76. The molecule has 2 heterocycles. The highest BCUT2D eigenvalue weighted by Gasteiger charge is 2.29. The molecular formula is C39H58I2N4O2. The second kappa shape index (κ2) is 20.0. The van der Waals surface area contributed by atoms with Gasteiger partial charge in [0.05, 0.1) is 40.8 Å². The number of hydrogen-bond donors (Lipinski definition) is 0. The van der Waals surface area contributed by atoms with Crippen molar-refractivity contribution in [3.63, 3.8) is 0 Å². The van der Waals surface area contributed by atoms with Gasteiger partial charge in [-0.05, 0) is 67.1 Å². The van der Waals surface area contributed by atoms with Crippen LogP contribution in [-0.2, 0) is 12.8 Å². The molecule has 8 heteroatoms. The van der Waals surface area contributed by atoms with Gasteiger partial charge in [0.25, 0.3) is 0 Å². The van der Waals surface area contributed by atoms with Crippen molar-refractivity contribution in [2.45, 2.75) is 78.2 Å². The number of nitrogens with zero attached hydrogens (tertiary/aromatic N) is 4. The van der Waals surface area contributed by atoms with E-state index in [9.17, 15) is 0 Å². The van der Waals surface area contributed by atoms with Gasteiger partial charge in [-0.3, -0.25) is 0 Å². The van der Waals surface area contributed by atoms with Crippen molar-refractivity contribution in [3.8, 4) is 11.8 Å². The van der Waals surface area contributed by atoms with Gasteiger partial charge in [0.2, 0.25) is 11.8 Å². The van der Waals surface area contributed by atoms with Crippen molar-refractivity contribution in [1.82, 2.24) is 9.97 Å². The quantitative estimate of drug-likeness (QED) is 0.107.